The number of nitrogens with zero attached hydrogens (tertiary/aromatic N) is 3. The van der Waals surface area contributed by atoms with Crippen LogP contribution in [-0.2, 0) is 11.3 Å². The molecule has 3 aromatic rings. The van der Waals surface area contributed by atoms with E-state index in [0.29, 0.717) is 17.2 Å². The van der Waals surface area contributed by atoms with Crippen LogP contribution in [0.15, 0.2) is 35.4 Å². The summed E-state index contributed by atoms with van der Waals surface area (Å²) in [5.74, 6) is 1.87. The van der Waals surface area contributed by atoms with Crippen LogP contribution in [0.4, 0.5) is 0 Å². The van der Waals surface area contributed by atoms with Crippen molar-refractivity contribution in [2.24, 2.45) is 5.92 Å². The maximum absolute atomic E-state index is 12.8. The summed E-state index contributed by atoms with van der Waals surface area (Å²) in [6, 6.07) is 9.42. The van der Waals surface area contributed by atoms with E-state index in [4.69, 9.17) is 4.74 Å². The second kappa shape index (κ2) is 9.97. The Bertz CT molecular complexity index is 1150. The van der Waals surface area contributed by atoms with E-state index in [1.54, 1.807) is 7.11 Å². The molecular weight excluding hydrogens is 444 g/mol. The number of carbonyl (C=O) groups excluding carboxylic acids is 2. The van der Waals surface area contributed by atoms with Crippen molar-refractivity contribution < 1.29 is 14.3 Å². The van der Waals surface area contributed by atoms with Gasteiger partial charge in [-0.1, -0.05) is 11.8 Å². The molecule has 1 N–H and O–H groups in total. The van der Waals surface area contributed by atoms with Gasteiger partial charge in [0.2, 0.25) is 5.91 Å². The van der Waals surface area contributed by atoms with Crippen LogP contribution in [-0.4, -0.2) is 59.6 Å². The fourth-order valence-electron chi connectivity index (χ4n) is 3.72. The fourth-order valence-corrected chi connectivity index (χ4v) is 5.64. The molecule has 3 heterocycles. The zero-order valence-electron chi connectivity index (χ0n) is 18.4. The zero-order valence-corrected chi connectivity index (χ0v) is 20.0. The Kier molecular flexibility index (Phi) is 7.07. The second-order valence-electron chi connectivity index (χ2n) is 7.90. The Hall–Kier alpha value is -2.49. The highest BCUT2D eigenvalue weighted by Gasteiger charge is 2.25. The van der Waals surface area contributed by atoms with Crippen LogP contribution in [0.2, 0.25) is 0 Å². The first-order valence-corrected chi connectivity index (χ1v) is 12.3. The van der Waals surface area contributed by atoms with Gasteiger partial charge in [-0.2, -0.15) is 0 Å². The molecule has 1 aliphatic rings. The Morgan fingerprint density at radius 1 is 1.28 bits per heavy atom. The molecule has 2 aromatic heterocycles. The second-order valence-corrected chi connectivity index (χ2v) is 10.0. The van der Waals surface area contributed by atoms with Crippen molar-refractivity contribution in [3.05, 3.63) is 45.9 Å². The summed E-state index contributed by atoms with van der Waals surface area (Å²) in [4.78, 5) is 37.9. The van der Waals surface area contributed by atoms with E-state index < -0.39 is 0 Å². The number of hydrogen-bond acceptors (Lipinski definition) is 8. The number of aromatic nitrogens is 2. The van der Waals surface area contributed by atoms with Gasteiger partial charge in [-0.25, -0.2) is 9.97 Å². The van der Waals surface area contributed by atoms with Crippen molar-refractivity contribution in [1.29, 1.82) is 0 Å². The van der Waals surface area contributed by atoms with Crippen molar-refractivity contribution >= 4 is 45.7 Å². The molecule has 1 unspecified atom stereocenters. The summed E-state index contributed by atoms with van der Waals surface area (Å²) in [5, 5.41) is 4.65. The van der Waals surface area contributed by atoms with Gasteiger partial charge in [0.05, 0.1) is 35.7 Å². The quantitative estimate of drug-likeness (QED) is 0.306. The van der Waals surface area contributed by atoms with Gasteiger partial charge in [0.25, 0.3) is 0 Å². The van der Waals surface area contributed by atoms with E-state index in [9.17, 15) is 9.59 Å². The van der Waals surface area contributed by atoms with Gasteiger partial charge < -0.3 is 15.0 Å². The molecule has 0 spiro atoms. The first kappa shape index (κ1) is 22.7. The summed E-state index contributed by atoms with van der Waals surface area (Å²) >= 11 is 2.84. The van der Waals surface area contributed by atoms with Crippen molar-refractivity contribution in [2.45, 2.75) is 24.9 Å². The van der Waals surface area contributed by atoms with Gasteiger partial charge in [-0.3, -0.25) is 9.59 Å². The number of rotatable bonds is 8. The number of thiophene rings is 1. The van der Waals surface area contributed by atoms with Crippen LogP contribution in [0, 0.1) is 12.8 Å². The molecule has 1 saturated heterocycles. The number of fused-ring (bicyclic) bond motifs is 1. The molecule has 1 fully saturated rings. The Morgan fingerprint density at radius 2 is 2.12 bits per heavy atom. The molecule has 0 saturated carbocycles. The summed E-state index contributed by atoms with van der Waals surface area (Å²) in [5.41, 5.74) is 0.829. The summed E-state index contributed by atoms with van der Waals surface area (Å²) < 4.78 is 5.32. The van der Waals surface area contributed by atoms with Gasteiger partial charge in [0, 0.05) is 16.8 Å². The highest BCUT2D eigenvalue weighted by atomic mass is 32.2. The van der Waals surface area contributed by atoms with Crippen molar-refractivity contribution in [1.82, 2.24) is 20.2 Å². The predicted octanol–water partition coefficient (Wildman–Crippen LogP) is 3.55. The molecule has 1 atom stereocenters. The predicted molar refractivity (Wildman–Crippen MR) is 128 cm³/mol. The Morgan fingerprint density at radius 3 is 2.88 bits per heavy atom. The standard InChI is InChI=1S/C23H26N4O3S2/c1-14-25-19-6-4-16(30-3)10-18(19)23(26-14)31-13-20(28)21-7-5-17(32-21)11-24-22(29)15-8-9-27(2)12-15/h4-7,10,15H,8-9,11-13H2,1-3H3,(H,24,29). The van der Waals surface area contributed by atoms with Crippen LogP contribution >= 0.6 is 23.1 Å². The number of thioether (sulfide) groups is 1. The first-order valence-electron chi connectivity index (χ1n) is 10.5. The number of ketones is 1. The molecule has 4 rings (SSSR count). The fraction of sp³-hybridized carbons (Fsp3) is 0.391. The number of aryl methyl sites for hydroxylation is 1. The van der Waals surface area contributed by atoms with Crippen molar-refractivity contribution in [2.75, 3.05) is 33.0 Å². The van der Waals surface area contributed by atoms with Gasteiger partial charge in [-0.15, -0.1) is 11.3 Å². The van der Waals surface area contributed by atoms with Gasteiger partial charge >= 0.3 is 0 Å². The number of ether oxygens (including phenoxy) is 1. The Labute approximate surface area is 195 Å². The third-order valence-corrected chi connectivity index (χ3v) is 7.57. The number of Topliss-reactive ketones (excluding diaryl/α,β-unsaturated/α-hetero) is 1. The number of methoxy groups -OCH3 is 1. The third-order valence-electron chi connectivity index (χ3n) is 5.46. The van der Waals surface area contributed by atoms with Crippen LogP contribution in [0.3, 0.4) is 0 Å². The number of nitrogens with one attached hydrogen (secondary N) is 1. The van der Waals surface area contributed by atoms with E-state index in [1.165, 1.54) is 23.1 Å². The molecule has 7 nitrogen and oxygen atoms in total. The zero-order chi connectivity index (χ0) is 22.7. The smallest absolute Gasteiger partial charge is 0.224 e. The molecule has 0 bridgehead atoms. The highest BCUT2D eigenvalue weighted by Crippen LogP contribution is 2.29. The number of likely N-dealkylation sites (tertiary alicyclic amines) is 1. The summed E-state index contributed by atoms with van der Waals surface area (Å²) in [6.45, 7) is 4.07. The van der Waals surface area contributed by atoms with E-state index in [0.717, 1.165) is 46.1 Å². The largest absolute Gasteiger partial charge is 0.497 e. The maximum atomic E-state index is 12.8. The average Bonchev–Trinajstić information content (AvgIpc) is 3.44. The number of benzene rings is 1. The van der Waals surface area contributed by atoms with Crippen molar-refractivity contribution in [3.8, 4) is 5.75 Å². The molecule has 0 radical (unpaired) electrons. The minimum atomic E-state index is 0.0438. The SMILES string of the molecule is COc1ccc2nc(C)nc(SCC(=O)c3ccc(CNC(=O)C4CCN(C)C4)s3)c2c1. The number of amides is 1. The molecule has 1 aromatic carbocycles. The topological polar surface area (TPSA) is 84.4 Å². The lowest BCUT2D eigenvalue weighted by molar-refractivity contribution is -0.124. The van der Waals surface area contributed by atoms with E-state index >= 15 is 0 Å². The molecule has 32 heavy (non-hydrogen) atoms. The van der Waals surface area contributed by atoms with Gasteiger partial charge in [0.15, 0.2) is 5.78 Å². The van der Waals surface area contributed by atoms with Crippen LogP contribution in [0.1, 0.15) is 26.8 Å². The molecular formula is C23H26N4O3S2. The minimum absolute atomic E-state index is 0.0438. The lowest BCUT2D eigenvalue weighted by Gasteiger charge is -2.10. The summed E-state index contributed by atoms with van der Waals surface area (Å²) in [7, 11) is 3.65. The average molecular weight is 471 g/mol. The monoisotopic (exact) mass is 470 g/mol. The maximum Gasteiger partial charge on any atom is 0.224 e. The lowest BCUT2D eigenvalue weighted by atomic mass is 10.1. The van der Waals surface area contributed by atoms with Crippen LogP contribution in [0.5, 0.6) is 5.75 Å². The lowest BCUT2D eigenvalue weighted by Crippen LogP contribution is -2.31. The molecule has 168 valence electrons. The minimum Gasteiger partial charge on any atom is -0.497 e. The number of hydrogen-bond donors (Lipinski definition) is 1. The molecule has 0 aliphatic carbocycles. The van der Waals surface area contributed by atoms with E-state index in [2.05, 4.69) is 20.2 Å². The normalized spacial score (nSPS) is 16.4. The number of carbonyl (C=O) groups is 2. The molecule has 1 amide bonds. The van der Waals surface area contributed by atoms with E-state index in [1.807, 2.05) is 44.3 Å². The first-order chi connectivity index (χ1) is 15.4. The van der Waals surface area contributed by atoms with E-state index in [-0.39, 0.29) is 23.4 Å². The van der Waals surface area contributed by atoms with Gasteiger partial charge in [0.1, 0.15) is 16.6 Å². The van der Waals surface area contributed by atoms with Crippen LogP contribution < -0.4 is 10.1 Å². The summed E-state index contributed by atoms with van der Waals surface area (Å²) in [6.07, 6.45) is 0.900. The van der Waals surface area contributed by atoms with Gasteiger partial charge in [-0.05, 0) is 57.3 Å². The molecule has 9 heteroatoms. The highest BCUT2D eigenvalue weighted by molar-refractivity contribution is 8.00. The van der Waals surface area contributed by atoms with Crippen molar-refractivity contribution in [3.63, 3.8) is 0 Å². The van der Waals surface area contributed by atoms with Crippen LogP contribution in [0.25, 0.3) is 10.9 Å². The Balaban J connectivity index is 1.37. The molecule has 1 aliphatic heterocycles. The third kappa shape index (κ3) is 5.28.